The number of amides is 1. The van der Waals surface area contributed by atoms with Crippen LogP contribution in [0.1, 0.15) is 23.6 Å². The molecule has 5 aromatic rings. The molecule has 11 heteroatoms. The van der Waals surface area contributed by atoms with E-state index in [9.17, 15) is 9.59 Å². The maximum Gasteiger partial charge on any atom is 0.292 e. The van der Waals surface area contributed by atoms with Gasteiger partial charge in [0.05, 0.1) is 18.1 Å². The lowest BCUT2D eigenvalue weighted by atomic mass is 10.1. The normalized spacial score (nSPS) is 17.0. The fraction of sp³-hybridized carbons (Fsp3) is 0.240. The van der Waals surface area contributed by atoms with E-state index < -0.39 is 0 Å². The van der Waals surface area contributed by atoms with E-state index >= 15 is 0 Å². The minimum Gasteiger partial charge on any atom is -0.383 e. The molecule has 0 aromatic carbocycles. The van der Waals surface area contributed by atoms with Crippen LogP contribution in [0.3, 0.4) is 0 Å². The second-order valence-corrected chi connectivity index (χ2v) is 9.20. The number of nitrogen functional groups attached to an aromatic ring is 1. The van der Waals surface area contributed by atoms with Gasteiger partial charge in [-0.25, -0.2) is 19.6 Å². The van der Waals surface area contributed by atoms with Gasteiger partial charge in [0, 0.05) is 54.4 Å². The number of nitrogens with one attached hydrogen (secondary N) is 1. The average molecular weight is 482 g/mol. The van der Waals surface area contributed by atoms with E-state index in [4.69, 9.17) is 5.73 Å². The Morgan fingerprint density at radius 3 is 2.69 bits per heavy atom. The standard InChI is InChI=1S/C25H23N9O2/c1-12-16(4-14-8-29-34(3)25(36)22(14)30-12)20-5-13-6-21(27-10-19(13)23(26)31-20)32-24(35)18-7-17(18)15-9-28-33(2)11-15/h4-6,8-11,17-18H,7H2,1-3H3,(H2,26,31)(H,27,32,35)/t17-,18+/m1/s1. The van der Waals surface area contributed by atoms with Crippen molar-refractivity contribution >= 4 is 39.2 Å². The topological polar surface area (TPSA) is 146 Å². The number of carbonyl (C=O) groups is 1. The zero-order chi connectivity index (χ0) is 25.1. The summed E-state index contributed by atoms with van der Waals surface area (Å²) in [5.74, 6) is 0.773. The number of nitrogens with zero attached hydrogens (tertiary/aromatic N) is 7. The number of anilines is 2. The number of aromatic nitrogens is 7. The van der Waals surface area contributed by atoms with Gasteiger partial charge in [-0.1, -0.05) is 0 Å². The average Bonchev–Trinajstić information content (AvgIpc) is 3.54. The minimum atomic E-state index is -0.263. The van der Waals surface area contributed by atoms with Crippen LogP contribution in [0.2, 0.25) is 0 Å². The van der Waals surface area contributed by atoms with Crippen molar-refractivity contribution < 1.29 is 4.79 Å². The third-order valence-electron chi connectivity index (χ3n) is 6.66. The number of aryl methyl sites for hydroxylation is 3. The first-order valence-corrected chi connectivity index (χ1v) is 11.5. The summed E-state index contributed by atoms with van der Waals surface area (Å²) >= 11 is 0. The van der Waals surface area contributed by atoms with Gasteiger partial charge in [0.1, 0.15) is 17.2 Å². The minimum absolute atomic E-state index is 0.0680. The Morgan fingerprint density at radius 2 is 1.92 bits per heavy atom. The lowest BCUT2D eigenvalue weighted by Gasteiger charge is -2.11. The molecule has 1 fully saturated rings. The first-order valence-electron chi connectivity index (χ1n) is 11.5. The molecule has 3 N–H and O–H groups in total. The molecule has 11 nitrogen and oxygen atoms in total. The molecule has 0 radical (unpaired) electrons. The van der Waals surface area contributed by atoms with Gasteiger partial charge in [-0.2, -0.15) is 10.2 Å². The van der Waals surface area contributed by atoms with Gasteiger partial charge in [-0.3, -0.25) is 14.3 Å². The number of pyridine rings is 3. The van der Waals surface area contributed by atoms with Crippen molar-refractivity contribution in [2.24, 2.45) is 20.0 Å². The summed E-state index contributed by atoms with van der Waals surface area (Å²) in [4.78, 5) is 38.6. The molecule has 0 aliphatic heterocycles. The second-order valence-electron chi connectivity index (χ2n) is 9.20. The summed E-state index contributed by atoms with van der Waals surface area (Å²) in [5, 5.41) is 13.3. The van der Waals surface area contributed by atoms with E-state index in [1.165, 1.54) is 4.68 Å². The highest BCUT2D eigenvalue weighted by Gasteiger charge is 2.44. The lowest BCUT2D eigenvalue weighted by Crippen LogP contribution is -2.20. The Labute approximate surface area is 205 Å². The molecule has 0 spiro atoms. The first-order chi connectivity index (χ1) is 17.3. The number of hydrogen-bond acceptors (Lipinski definition) is 8. The molecule has 2 atom stereocenters. The Bertz CT molecular complexity index is 1750. The summed E-state index contributed by atoms with van der Waals surface area (Å²) in [6.07, 6.45) is 7.76. The van der Waals surface area contributed by atoms with Crippen molar-refractivity contribution in [3.63, 3.8) is 0 Å². The van der Waals surface area contributed by atoms with Crippen LogP contribution >= 0.6 is 0 Å². The maximum atomic E-state index is 12.8. The van der Waals surface area contributed by atoms with Crippen LogP contribution in [0.4, 0.5) is 11.6 Å². The Morgan fingerprint density at radius 1 is 1.08 bits per heavy atom. The molecular weight excluding hydrogens is 458 g/mol. The maximum absolute atomic E-state index is 12.8. The van der Waals surface area contributed by atoms with Crippen molar-refractivity contribution in [2.75, 3.05) is 11.1 Å². The highest BCUT2D eigenvalue weighted by molar-refractivity contribution is 5.99. The number of rotatable bonds is 4. The Balaban J connectivity index is 1.32. The molecule has 5 aromatic heterocycles. The molecule has 1 aliphatic rings. The number of nitrogens with two attached hydrogens (primary N) is 1. The molecular formula is C25H23N9O2. The molecule has 6 rings (SSSR count). The summed E-state index contributed by atoms with van der Waals surface area (Å²) < 4.78 is 3.00. The lowest BCUT2D eigenvalue weighted by molar-refractivity contribution is -0.117. The Kier molecular flexibility index (Phi) is 4.82. The molecule has 36 heavy (non-hydrogen) atoms. The van der Waals surface area contributed by atoms with E-state index in [-0.39, 0.29) is 23.3 Å². The summed E-state index contributed by atoms with van der Waals surface area (Å²) in [6, 6.07) is 5.51. The molecule has 5 heterocycles. The van der Waals surface area contributed by atoms with Crippen molar-refractivity contribution in [1.29, 1.82) is 0 Å². The smallest absolute Gasteiger partial charge is 0.292 e. The summed E-state index contributed by atoms with van der Waals surface area (Å²) in [6.45, 7) is 1.82. The Hall–Kier alpha value is -4.67. The van der Waals surface area contributed by atoms with Crippen LogP contribution in [0.15, 0.2) is 47.8 Å². The van der Waals surface area contributed by atoms with Crippen LogP contribution in [0, 0.1) is 12.8 Å². The van der Waals surface area contributed by atoms with Gasteiger partial charge in [-0.05, 0) is 48.4 Å². The van der Waals surface area contributed by atoms with Gasteiger partial charge in [0.15, 0.2) is 0 Å². The third-order valence-corrected chi connectivity index (χ3v) is 6.66. The van der Waals surface area contributed by atoms with Gasteiger partial charge in [-0.15, -0.1) is 0 Å². The molecule has 180 valence electrons. The van der Waals surface area contributed by atoms with Crippen LogP contribution in [0.5, 0.6) is 0 Å². The van der Waals surface area contributed by atoms with E-state index in [0.29, 0.717) is 39.3 Å². The molecule has 0 saturated heterocycles. The van der Waals surface area contributed by atoms with E-state index in [1.54, 1.807) is 36.4 Å². The molecule has 0 unspecified atom stereocenters. The monoisotopic (exact) mass is 481 g/mol. The fourth-order valence-electron chi connectivity index (χ4n) is 4.59. The molecule has 0 bridgehead atoms. The van der Waals surface area contributed by atoms with Crippen LogP contribution < -0.4 is 16.6 Å². The van der Waals surface area contributed by atoms with Gasteiger partial charge in [0.25, 0.3) is 5.56 Å². The highest BCUT2D eigenvalue weighted by atomic mass is 16.2. The number of carbonyl (C=O) groups excluding carboxylic acids is 1. The van der Waals surface area contributed by atoms with Gasteiger partial charge in [0.2, 0.25) is 5.91 Å². The molecule has 1 aliphatic carbocycles. The largest absolute Gasteiger partial charge is 0.383 e. The fourth-order valence-corrected chi connectivity index (χ4v) is 4.59. The summed E-state index contributed by atoms with van der Waals surface area (Å²) in [5.41, 5.74) is 9.41. The van der Waals surface area contributed by atoms with E-state index in [2.05, 4.69) is 30.5 Å². The number of fused-ring (bicyclic) bond motifs is 2. The van der Waals surface area contributed by atoms with Crippen LogP contribution in [0.25, 0.3) is 32.9 Å². The van der Waals surface area contributed by atoms with Crippen molar-refractivity contribution in [2.45, 2.75) is 19.3 Å². The predicted octanol–water partition coefficient (Wildman–Crippen LogP) is 2.31. The number of hydrogen-bond donors (Lipinski definition) is 2. The van der Waals surface area contributed by atoms with E-state index in [0.717, 1.165) is 22.9 Å². The zero-order valence-electron chi connectivity index (χ0n) is 19.9. The molecule has 1 amide bonds. The SMILES string of the molecule is Cc1nc2c(=O)n(C)ncc2cc1-c1cc2cc(NC(=O)[C@H]3C[C@@H]3c3cnn(C)c3)ncc2c(N)n1. The third kappa shape index (κ3) is 3.65. The predicted molar refractivity (Wildman–Crippen MR) is 135 cm³/mol. The van der Waals surface area contributed by atoms with Crippen molar-refractivity contribution in [3.8, 4) is 11.3 Å². The first kappa shape index (κ1) is 21.8. The van der Waals surface area contributed by atoms with Gasteiger partial charge >= 0.3 is 0 Å². The second kappa shape index (κ2) is 7.94. The van der Waals surface area contributed by atoms with Crippen molar-refractivity contribution in [3.05, 3.63) is 64.6 Å². The van der Waals surface area contributed by atoms with Crippen LogP contribution in [-0.4, -0.2) is 40.4 Å². The summed E-state index contributed by atoms with van der Waals surface area (Å²) in [7, 11) is 3.45. The zero-order valence-corrected chi connectivity index (χ0v) is 19.9. The van der Waals surface area contributed by atoms with Gasteiger partial charge < -0.3 is 11.1 Å². The highest BCUT2D eigenvalue weighted by Crippen LogP contribution is 2.47. The quantitative estimate of drug-likeness (QED) is 0.397. The molecule has 1 saturated carbocycles. The van der Waals surface area contributed by atoms with Crippen LogP contribution in [-0.2, 0) is 18.9 Å². The van der Waals surface area contributed by atoms with Crippen molar-refractivity contribution in [1.82, 2.24) is 34.5 Å². The van der Waals surface area contributed by atoms with E-state index in [1.807, 2.05) is 32.3 Å².